The van der Waals surface area contributed by atoms with Gasteiger partial charge >= 0.3 is 5.97 Å². The highest BCUT2D eigenvalue weighted by atomic mass is 19.1. The van der Waals surface area contributed by atoms with Crippen molar-refractivity contribution in [2.45, 2.75) is 25.8 Å². The highest BCUT2D eigenvalue weighted by Gasteiger charge is 2.30. The van der Waals surface area contributed by atoms with Gasteiger partial charge in [-0.2, -0.15) is 0 Å². The molecular weight excluding hydrogens is 427 g/mol. The molecule has 0 aliphatic carbocycles. The zero-order chi connectivity index (χ0) is 22.9. The van der Waals surface area contributed by atoms with Crippen molar-refractivity contribution in [3.63, 3.8) is 0 Å². The molecule has 8 heteroatoms. The Hall–Kier alpha value is -3.39. The predicted octanol–water partition coefficient (Wildman–Crippen LogP) is 4.04. The van der Waals surface area contributed by atoms with Gasteiger partial charge in [-0.3, -0.25) is 9.59 Å². The van der Waals surface area contributed by atoms with Gasteiger partial charge in [0.2, 0.25) is 0 Å². The van der Waals surface area contributed by atoms with Crippen molar-refractivity contribution in [3.8, 4) is 5.75 Å². The van der Waals surface area contributed by atoms with Crippen LogP contribution in [0.4, 0.5) is 16.0 Å². The van der Waals surface area contributed by atoms with Crippen molar-refractivity contribution in [1.29, 1.82) is 0 Å². The SMILES string of the molecule is CC(=O)Oc1cc([C@H]2CCCN2c2ccc(F)cc2)c2oc(N3CCOCC3)cc(=O)c2c1. The standard InChI is InChI=1S/C25H25FN2O5/c1-16(29)32-19-13-20(22-3-2-8-28(22)18-6-4-17(26)5-7-18)25-21(14-19)23(30)15-24(33-25)27-9-11-31-12-10-27/h4-7,13-15,22H,2-3,8-12H2,1H3/t22-/m1/s1. The van der Waals surface area contributed by atoms with Crippen LogP contribution in [-0.2, 0) is 9.53 Å². The highest BCUT2D eigenvalue weighted by Crippen LogP contribution is 2.41. The Balaban J connectivity index is 1.65. The van der Waals surface area contributed by atoms with Crippen LogP contribution in [-0.4, -0.2) is 38.8 Å². The molecule has 172 valence electrons. The summed E-state index contributed by atoms with van der Waals surface area (Å²) in [7, 11) is 0. The summed E-state index contributed by atoms with van der Waals surface area (Å²) < 4.78 is 30.6. The smallest absolute Gasteiger partial charge is 0.308 e. The second-order valence-corrected chi connectivity index (χ2v) is 8.36. The number of carbonyl (C=O) groups is 1. The van der Waals surface area contributed by atoms with Crippen molar-refractivity contribution >= 4 is 28.5 Å². The number of fused-ring (bicyclic) bond motifs is 1. The van der Waals surface area contributed by atoms with Crippen molar-refractivity contribution in [2.24, 2.45) is 0 Å². The minimum atomic E-state index is -0.462. The Morgan fingerprint density at radius 1 is 1.09 bits per heavy atom. The minimum Gasteiger partial charge on any atom is -0.440 e. The van der Waals surface area contributed by atoms with E-state index in [-0.39, 0.29) is 17.3 Å². The monoisotopic (exact) mass is 452 g/mol. The van der Waals surface area contributed by atoms with E-state index in [0.717, 1.165) is 30.6 Å². The molecule has 0 unspecified atom stereocenters. The normalized spacial score (nSPS) is 18.7. The minimum absolute atomic E-state index is 0.114. The third-order valence-electron chi connectivity index (χ3n) is 6.17. The first-order valence-electron chi connectivity index (χ1n) is 11.1. The van der Waals surface area contributed by atoms with E-state index >= 15 is 0 Å². The summed E-state index contributed by atoms with van der Waals surface area (Å²) in [4.78, 5) is 29.0. The fourth-order valence-corrected chi connectivity index (χ4v) is 4.69. The zero-order valence-electron chi connectivity index (χ0n) is 18.4. The molecule has 2 saturated heterocycles. The number of morpholine rings is 1. The number of anilines is 2. The number of esters is 1. The average Bonchev–Trinajstić information content (AvgIpc) is 3.29. The maximum absolute atomic E-state index is 13.5. The lowest BCUT2D eigenvalue weighted by Crippen LogP contribution is -2.36. The van der Waals surface area contributed by atoms with E-state index < -0.39 is 5.97 Å². The van der Waals surface area contributed by atoms with Gasteiger partial charge in [0.15, 0.2) is 11.3 Å². The fraction of sp³-hybridized carbons (Fsp3) is 0.360. The van der Waals surface area contributed by atoms with Gasteiger partial charge in [-0.05, 0) is 49.2 Å². The van der Waals surface area contributed by atoms with Gasteiger partial charge < -0.3 is 23.7 Å². The maximum atomic E-state index is 13.5. The summed E-state index contributed by atoms with van der Waals surface area (Å²) in [6.45, 7) is 4.53. The number of benzene rings is 2. The average molecular weight is 452 g/mol. The Morgan fingerprint density at radius 3 is 2.58 bits per heavy atom. The molecule has 2 fully saturated rings. The van der Waals surface area contributed by atoms with E-state index in [9.17, 15) is 14.0 Å². The molecule has 0 amide bonds. The number of hydrogen-bond donors (Lipinski definition) is 0. The number of ether oxygens (including phenoxy) is 2. The van der Waals surface area contributed by atoms with Crippen LogP contribution in [0.15, 0.2) is 51.7 Å². The summed E-state index contributed by atoms with van der Waals surface area (Å²) in [5.41, 5.74) is 1.95. The van der Waals surface area contributed by atoms with Crippen molar-refractivity contribution in [2.75, 3.05) is 42.6 Å². The molecule has 0 radical (unpaired) electrons. The summed E-state index contributed by atoms with van der Waals surface area (Å²) in [6.07, 6.45) is 1.75. The van der Waals surface area contributed by atoms with E-state index in [1.54, 1.807) is 24.3 Å². The summed E-state index contributed by atoms with van der Waals surface area (Å²) in [6, 6.07) is 11.1. The first kappa shape index (κ1) is 21.5. The lowest BCUT2D eigenvalue weighted by molar-refractivity contribution is -0.131. The van der Waals surface area contributed by atoms with Gasteiger partial charge in [0.25, 0.3) is 0 Å². The molecule has 2 aromatic carbocycles. The van der Waals surface area contributed by atoms with Gasteiger partial charge in [-0.25, -0.2) is 4.39 Å². The van der Waals surface area contributed by atoms with Crippen molar-refractivity contribution < 1.29 is 23.1 Å². The summed E-state index contributed by atoms with van der Waals surface area (Å²) >= 11 is 0. The third kappa shape index (κ3) is 4.30. The molecule has 0 saturated carbocycles. The Labute approximate surface area is 190 Å². The molecule has 0 bridgehead atoms. The van der Waals surface area contributed by atoms with E-state index in [1.807, 2.05) is 4.90 Å². The number of hydrogen-bond acceptors (Lipinski definition) is 7. The molecule has 33 heavy (non-hydrogen) atoms. The van der Waals surface area contributed by atoms with E-state index in [2.05, 4.69) is 4.90 Å². The van der Waals surface area contributed by atoms with Crippen LogP contribution < -0.4 is 20.0 Å². The van der Waals surface area contributed by atoms with Crippen LogP contribution in [0.5, 0.6) is 5.75 Å². The van der Waals surface area contributed by atoms with Gasteiger partial charge in [0, 0.05) is 43.9 Å². The van der Waals surface area contributed by atoms with Gasteiger partial charge in [0.1, 0.15) is 17.1 Å². The van der Waals surface area contributed by atoms with E-state index in [0.29, 0.717) is 48.9 Å². The molecule has 0 spiro atoms. The number of halogens is 1. The van der Waals surface area contributed by atoms with Crippen molar-refractivity contribution in [1.82, 2.24) is 0 Å². The maximum Gasteiger partial charge on any atom is 0.308 e. The quantitative estimate of drug-likeness (QED) is 0.437. The van der Waals surface area contributed by atoms with Crippen molar-refractivity contribution in [3.05, 3.63) is 64.1 Å². The van der Waals surface area contributed by atoms with Gasteiger partial charge in [-0.1, -0.05) is 0 Å². The fourth-order valence-electron chi connectivity index (χ4n) is 4.69. The molecule has 1 aromatic heterocycles. The Morgan fingerprint density at radius 2 is 1.85 bits per heavy atom. The van der Waals surface area contributed by atoms with Crippen LogP contribution >= 0.6 is 0 Å². The first-order chi connectivity index (χ1) is 16.0. The Bertz CT molecular complexity index is 1230. The van der Waals surface area contributed by atoms with Crippen LogP contribution in [0, 0.1) is 5.82 Å². The lowest BCUT2D eigenvalue weighted by atomic mass is 10.00. The molecule has 0 N–H and O–H groups in total. The number of rotatable bonds is 4. The Kier molecular flexibility index (Phi) is 5.76. The van der Waals surface area contributed by atoms with E-state index in [1.165, 1.54) is 25.1 Å². The van der Waals surface area contributed by atoms with Crippen LogP contribution in [0.1, 0.15) is 31.4 Å². The summed E-state index contributed by atoms with van der Waals surface area (Å²) in [5.74, 6) is 0.0559. The van der Waals surface area contributed by atoms with E-state index in [4.69, 9.17) is 13.9 Å². The molecule has 3 aromatic rings. The second-order valence-electron chi connectivity index (χ2n) is 8.36. The zero-order valence-corrected chi connectivity index (χ0v) is 18.4. The molecule has 1 atom stereocenters. The molecule has 5 rings (SSSR count). The van der Waals surface area contributed by atoms with Crippen LogP contribution in [0.3, 0.4) is 0 Å². The molecular formula is C25H25FN2O5. The molecule has 7 nitrogen and oxygen atoms in total. The van der Waals surface area contributed by atoms with Gasteiger partial charge in [0.05, 0.1) is 24.6 Å². The predicted molar refractivity (Wildman–Crippen MR) is 123 cm³/mol. The summed E-state index contributed by atoms with van der Waals surface area (Å²) in [5, 5.41) is 0.367. The largest absolute Gasteiger partial charge is 0.440 e. The molecule has 2 aliphatic rings. The number of carbonyl (C=O) groups excluding carboxylic acids is 1. The van der Waals surface area contributed by atoms with Gasteiger partial charge in [-0.15, -0.1) is 0 Å². The molecule has 2 aliphatic heterocycles. The topological polar surface area (TPSA) is 72.2 Å². The highest BCUT2D eigenvalue weighted by molar-refractivity contribution is 5.85. The second kappa shape index (κ2) is 8.86. The number of nitrogens with zero attached hydrogens (tertiary/aromatic N) is 2. The third-order valence-corrected chi connectivity index (χ3v) is 6.17. The van der Waals surface area contributed by atoms with Crippen LogP contribution in [0.2, 0.25) is 0 Å². The lowest BCUT2D eigenvalue weighted by Gasteiger charge is -2.29. The first-order valence-corrected chi connectivity index (χ1v) is 11.1. The van der Waals surface area contributed by atoms with Crippen LogP contribution in [0.25, 0.3) is 11.0 Å². The molecule has 3 heterocycles.